The molecule has 3 aliphatic heterocycles. The van der Waals surface area contributed by atoms with E-state index in [0.717, 1.165) is 57.3 Å². The molecular formula is C22H35N5O3. The van der Waals surface area contributed by atoms with Crippen molar-refractivity contribution in [3.05, 3.63) is 23.5 Å². The maximum atomic E-state index is 13.4. The Labute approximate surface area is 179 Å². The number of anilines is 1. The van der Waals surface area contributed by atoms with Gasteiger partial charge in [-0.15, -0.1) is 0 Å². The van der Waals surface area contributed by atoms with E-state index in [1.54, 1.807) is 0 Å². The molecule has 2 saturated heterocycles. The van der Waals surface area contributed by atoms with E-state index in [1.807, 2.05) is 17.0 Å². The molecule has 0 saturated carbocycles. The molecule has 2 atom stereocenters. The number of carbonyl (C=O) groups excluding carboxylic acids is 1. The molecule has 30 heavy (non-hydrogen) atoms. The van der Waals surface area contributed by atoms with E-state index >= 15 is 0 Å². The second-order valence-corrected chi connectivity index (χ2v) is 9.50. The lowest BCUT2D eigenvalue weighted by molar-refractivity contribution is -0.121. The molecule has 2 N–H and O–H groups in total. The number of aromatic nitrogens is 1. The molecule has 0 radical (unpaired) electrons. The van der Waals surface area contributed by atoms with Gasteiger partial charge in [0.2, 0.25) is 5.91 Å². The predicted octanol–water partition coefficient (Wildman–Crippen LogP) is 0.193. The Kier molecular flexibility index (Phi) is 6.41. The fourth-order valence-corrected chi connectivity index (χ4v) is 4.82. The maximum absolute atomic E-state index is 13.4. The molecule has 0 spiro atoms. The number of hydrogen-bond acceptors (Lipinski definition) is 7. The second-order valence-electron chi connectivity index (χ2n) is 9.50. The molecule has 8 nitrogen and oxygen atoms in total. The molecular weight excluding hydrogens is 382 g/mol. The number of rotatable bonds is 5. The van der Waals surface area contributed by atoms with Crippen molar-refractivity contribution in [1.82, 2.24) is 20.1 Å². The third-order valence-corrected chi connectivity index (χ3v) is 6.52. The highest BCUT2D eigenvalue weighted by Gasteiger charge is 2.40. The van der Waals surface area contributed by atoms with Crippen LogP contribution < -0.4 is 10.2 Å². The highest BCUT2D eigenvalue weighted by atomic mass is 16.5. The van der Waals surface area contributed by atoms with Crippen molar-refractivity contribution in [2.24, 2.45) is 0 Å². The van der Waals surface area contributed by atoms with Gasteiger partial charge in [0.05, 0.1) is 43.4 Å². The Morgan fingerprint density at radius 1 is 1.33 bits per heavy atom. The van der Waals surface area contributed by atoms with Crippen molar-refractivity contribution in [2.75, 3.05) is 63.9 Å². The summed E-state index contributed by atoms with van der Waals surface area (Å²) < 4.78 is 5.48. The maximum Gasteiger partial charge on any atom is 0.241 e. The van der Waals surface area contributed by atoms with E-state index in [4.69, 9.17) is 4.74 Å². The fourth-order valence-electron chi connectivity index (χ4n) is 4.82. The van der Waals surface area contributed by atoms with E-state index < -0.39 is 0 Å². The summed E-state index contributed by atoms with van der Waals surface area (Å²) in [5.41, 5.74) is 2.22. The number of amides is 1. The zero-order valence-corrected chi connectivity index (χ0v) is 18.4. The summed E-state index contributed by atoms with van der Waals surface area (Å²) in [6.07, 6.45) is 0. The summed E-state index contributed by atoms with van der Waals surface area (Å²) in [5, 5.41) is 13.0. The van der Waals surface area contributed by atoms with Crippen LogP contribution in [0.1, 0.15) is 32.2 Å². The van der Waals surface area contributed by atoms with Crippen LogP contribution >= 0.6 is 0 Å². The van der Waals surface area contributed by atoms with Gasteiger partial charge in [0.25, 0.3) is 0 Å². The highest BCUT2D eigenvalue weighted by Crippen LogP contribution is 2.39. The van der Waals surface area contributed by atoms with Crippen molar-refractivity contribution < 1.29 is 14.6 Å². The molecule has 0 aliphatic carbocycles. The lowest BCUT2D eigenvalue weighted by atomic mass is 9.91. The first-order valence-corrected chi connectivity index (χ1v) is 11.1. The second kappa shape index (κ2) is 8.88. The summed E-state index contributed by atoms with van der Waals surface area (Å²) in [5.74, 6) is 0.126. The molecule has 4 rings (SSSR count). The third-order valence-electron chi connectivity index (χ3n) is 6.52. The normalized spacial score (nSPS) is 27.3. The molecule has 1 aromatic rings. The van der Waals surface area contributed by atoms with Crippen LogP contribution in [0.5, 0.6) is 0 Å². The summed E-state index contributed by atoms with van der Waals surface area (Å²) >= 11 is 0. The number of carbonyl (C=O) groups is 1. The predicted molar refractivity (Wildman–Crippen MR) is 116 cm³/mol. The summed E-state index contributed by atoms with van der Waals surface area (Å²) in [4.78, 5) is 24.7. The number of hydrogen-bond donors (Lipinski definition) is 2. The van der Waals surface area contributed by atoms with Gasteiger partial charge < -0.3 is 20.1 Å². The molecule has 4 heterocycles. The molecule has 3 aliphatic rings. The minimum atomic E-state index is -0.222. The number of aliphatic hydroxyl groups excluding tert-OH is 1. The minimum absolute atomic E-state index is 0.0841. The van der Waals surface area contributed by atoms with Crippen LogP contribution in [0, 0.1) is 0 Å². The smallest absolute Gasteiger partial charge is 0.241 e. The van der Waals surface area contributed by atoms with E-state index in [9.17, 15) is 9.90 Å². The molecule has 1 unspecified atom stereocenters. The van der Waals surface area contributed by atoms with Crippen molar-refractivity contribution >= 4 is 11.6 Å². The average molecular weight is 418 g/mol. The SMILES string of the molecule is CC1CN(CC(=O)N2CC(C)(C)c3nc(CO)ccc32)[C@@H](CN2CCOCC2)CN1. The number of ether oxygens (including phenoxy) is 1. The van der Waals surface area contributed by atoms with E-state index in [1.165, 1.54) is 0 Å². The topological polar surface area (TPSA) is 81.2 Å². The largest absolute Gasteiger partial charge is 0.390 e. The number of morpholine rings is 1. The number of piperazine rings is 1. The van der Waals surface area contributed by atoms with Crippen LogP contribution in [0.25, 0.3) is 0 Å². The van der Waals surface area contributed by atoms with Gasteiger partial charge in [-0.05, 0) is 19.1 Å². The van der Waals surface area contributed by atoms with E-state index in [-0.39, 0.29) is 17.9 Å². The van der Waals surface area contributed by atoms with Crippen LogP contribution in [0.15, 0.2) is 12.1 Å². The van der Waals surface area contributed by atoms with Gasteiger partial charge in [0.15, 0.2) is 0 Å². The molecule has 0 bridgehead atoms. The van der Waals surface area contributed by atoms with Crippen molar-refractivity contribution in [1.29, 1.82) is 0 Å². The highest BCUT2D eigenvalue weighted by molar-refractivity contribution is 5.97. The van der Waals surface area contributed by atoms with Gasteiger partial charge >= 0.3 is 0 Å². The Bertz CT molecular complexity index is 765. The van der Waals surface area contributed by atoms with Crippen LogP contribution in [-0.4, -0.2) is 96.9 Å². The van der Waals surface area contributed by atoms with Gasteiger partial charge in [0.1, 0.15) is 0 Å². The van der Waals surface area contributed by atoms with E-state index in [2.05, 4.69) is 40.9 Å². The lowest BCUT2D eigenvalue weighted by Gasteiger charge is -2.42. The van der Waals surface area contributed by atoms with Gasteiger partial charge in [-0.2, -0.15) is 0 Å². The summed E-state index contributed by atoms with van der Waals surface area (Å²) in [6, 6.07) is 4.43. The van der Waals surface area contributed by atoms with Gasteiger partial charge in [-0.3, -0.25) is 19.6 Å². The quantitative estimate of drug-likeness (QED) is 0.708. The average Bonchev–Trinajstić information content (AvgIpc) is 3.01. The lowest BCUT2D eigenvalue weighted by Crippen LogP contribution is -2.61. The number of nitrogens with zero attached hydrogens (tertiary/aromatic N) is 4. The minimum Gasteiger partial charge on any atom is -0.390 e. The molecule has 8 heteroatoms. The monoisotopic (exact) mass is 417 g/mol. The first kappa shape index (κ1) is 21.6. The van der Waals surface area contributed by atoms with Crippen molar-refractivity contribution in [2.45, 2.75) is 44.9 Å². The Morgan fingerprint density at radius 2 is 2.10 bits per heavy atom. The Morgan fingerprint density at radius 3 is 2.83 bits per heavy atom. The van der Waals surface area contributed by atoms with Crippen LogP contribution in [0.4, 0.5) is 5.69 Å². The van der Waals surface area contributed by atoms with Crippen LogP contribution in [0.3, 0.4) is 0 Å². The molecule has 1 amide bonds. The Hall–Kier alpha value is -1.58. The fraction of sp³-hybridized carbons (Fsp3) is 0.727. The number of fused-ring (bicyclic) bond motifs is 1. The molecule has 1 aromatic heterocycles. The number of aliphatic hydroxyl groups is 1. The zero-order valence-electron chi connectivity index (χ0n) is 18.4. The molecule has 0 aromatic carbocycles. The third kappa shape index (κ3) is 4.53. The van der Waals surface area contributed by atoms with Crippen molar-refractivity contribution in [3.63, 3.8) is 0 Å². The summed E-state index contributed by atoms with van der Waals surface area (Å²) in [7, 11) is 0. The number of pyridine rings is 1. The van der Waals surface area contributed by atoms with Crippen LogP contribution in [-0.2, 0) is 21.6 Å². The first-order valence-electron chi connectivity index (χ1n) is 11.1. The van der Waals surface area contributed by atoms with Crippen LogP contribution in [0.2, 0.25) is 0 Å². The summed E-state index contributed by atoms with van der Waals surface area (Å²) in [6.45, 7) is 13.6. The zero-order chi connectivity index (χ0) is 21.3. The van der Waals surface area contributed by atoms with E-state index in [0.29, 0.717) is 30.9 Å². The number of nitrogens with one attached hydrogen (secondary N) is 1. The standard InChI is InChI=1S/C22H35N5O3/c1-16-11-26(18(10-23-16)12-25-6-8-30-9-7-25)13-20(29)27-15-22(2,3)21-19(27)5-4-17(14-28)24-21/h4-5,16,18,23,28H,6-15H2,1-3H3/t16?,18-/m1/s1. The van der Waals surface area contributed by atoms with Crippen molar-refractivity contribution in [3.8, 4) is 0 Å². The first-order chi connectivity index (χ1) is 14.4. The van der Waals surface area contributed by atoms with Gasteiger partial charge in [-0.25, -0.2) is 0 Å². The Balaban J connectivity index is 1.47. The molecule has 2 fully saturated rings. The van der Waals surface area contributed by atoms with Gasteiger partial charge in [0, 0.05) is 56.8 Å². The molecule has 166 valence electrons. The van der Waals surface area contributed by atoms with Gasteiger partial charge in [-0.1, -0.05) is 13.8 Å².